The molecule has 0 bridgehead atoms. The fourth-order valence-corrected chi connectivity index (χ4v) is 5.02. The van der Waals surface area contributed by atoms with Crippen LogP contribution >= 0.6 is 0 Å². The average Bonchev–Trinajstić information content (AvgIpc) is 2.83. The summed E-state index contributed by atoms with van der Waals surface area (Å²) in [6.07, 6.45) is 3.07. The van der Waals surface area contributed by atoms with Gasteiger partial charge < -0.3 is 14.7 Å². The molecule has 1 unspecified atom stereocenters. The SMILES string of the molecule is C[NH+](C[C@@H](O)COc1ccc(C(C)(C)c2ccccc2)cc1)[C@@H]1CCCc2ccccc21. The van der Waals surface area contributed by atoms with Gasteiger partial charge in [0, 0.05) is 17.4 Å². The van der Waals surface area contributed by atoms with Crippen LogP contribution in [0, 0.1) is 0 Å². The van der Waals surface area contributed by atoms with Crippen LogP contribution in [0.2, 0.25) is 0 Å². The van der Waals surface area contributed by atoms with Crippen molar-refractivity contribution in [1.82, 2.24) is 0 Å². The summed E-state index contributed by atoms with van der Waals surface area (Å²) in [5, 5.41) is 10.6. The lowest BCUT2D eigenvalue weighted by atomic mass is 9.78. The number of hydrogen-bond acceptors (Lipinski definition) is 2. The first-order chi connectivity index (χ1) is 15.4. The van der Waals surface area contributed by atoms with Crippen LogP contribution in [-0.2, 0) is 11.8 Å². The Morgan fingerprint density at radius 3 is 2.34 bits per heavy atom. The molecule has 3 aromatic carbocycles. The average molecular weight is 431 g/mol. The zero-order chi connectivity index (χ0) is 22.6. The molecule has 0 saturated heterocycles. The third-order valence-electron chi connectivity index (χ3n) is 7.04. The van der Waals surface area contributed by atoms with Crippen molar-refractivity contribution in [1.29, 1.82) is 0 Å². The largest absolute Gasteiger partial charge is 0.491 e. The molecule has 0 spiro atoms. The molecule has 0 aromatic heterocycles. The highest BCUT2D eigenvalue weighted by Gasteiger charge is 2.28. The van der Waals surface area contributed by atoms with E-state index in [-0.39, 0.29) is 5.41 Å². The van der Waals surface area contributed by atoms with E-state index in [9.17, 15) is 5.11 Å². The van der Waals surface area contributed by atoms with Gasteiger partial charge in [-0.15, -0.1) is 0 Å². The first kappa shape index (κ1) is 22.6. The highest BCUT2D eigenvalue weighted by atomic mass is 16.5. The molecular weight excluding hydrogens is 394 g/mol. The van der Waals surface area contributed by atoms with E-state index in [4.69, 9.17) is 4.74 Å². The molecule has 4 rings (SSSR count). The molecule has 0 fully saturated rings. The Kier molecular flexibility index (Phi) is 6.98. The Morgan fingerprint density at radius 2 is 1.59 bits per heavy atom. The summed E-state index contributed by atoms with van der Waals surface area (Å²) in [4.78, 5) is 1.35. The number of likely N-dealkylation sites (N-methyl/N-ethyl adjacent to an activating group) is 1. The van der Waals surface area contributed by atoms with Gasteiger partial charge in [0.1, 0.15) is 31.0 Å². The maximum Gasteiger partial charge on any atom is 0.137 e. The van der Waals surface area contributed by atoms with Crippen molar-refractivity contribution in [3.8, 4) is 5.75 Å². The summed E-state index contributed by atoms with van der Waals surface area (Å²) < 4.78 is 5.94. The zero-order valence-electron chi connectivity index (χ0n) is 19.6. The Morgan fingerprint density at radius 1 is 0.938 bits per heavy atom. The number of nitrogens with one attached hydrogen (secondary N) is 1. The molecule has 0 radical (unpaired) electrons. The molecule has 3 aromatic rings. The van der Waals surface area contributed by atoms with Gasteiger partial charge >= 0.3 is 0 Å². The highest BCUT2D eigenvalue weighted by Crippen LogP contribution is 2.32. The Balaban J connectivity index is 1.32. The minimum absolute atomic E-state index is 0.0678. The molecule has 3 atom stereocenters. The van der Waals surface area contributed by atoms with Crippen LogP contribution < -0.4 is 9.64 Å². The van der Waals surface area contributed by atoms with Gasteiger partial charge in [0.15, 0.2) is 0 Å². The lowest BCUT2D eigenvalue weighted by Crippen LogP contribution is -3.10. The summed E-state index contributed by atoms with van der Waals surface area (Å²) in [6, 6.07) is 28.1. The maximum atomic E-state index is 10.6. The topological polar surface area (TPSA) is 33.9 Å². The van der Waals surface area contributed by atoms with Crippen molar-refractivity contribution in [3.05, 3.63) is 101 Å². The fourth-order valence-electron chi connectivity index (χ4n) is 5.02. The molecule has 1 aliphatic rings. The molecule has 2 N–H and O–H groups in total. The van der Waals surface area contributed by atoms with Crippen molar-refractivity contribution in [2.24, 2.45) is 0 Å². The summed E-state index contributed by atoms with van der Waals surface area (Å²) in [7, 11) is 2.19. The highest BCUT2D eigenvalue weighted by molar-refractivity contribution is 5.40. The van der Waals surface area contributed by atoms with E-state index in [0.29, 0.717) is 19.2 Å². The van der Waals surface area contributed by atoms with Crippen LogP contribution in [-0.4, -0.2) is 31.4 Å². The number of rotatable bonds is 8. The van der Waals surface area contributed by atoms with E-state index in [1.54, 1.807) is 0 Å². The van der Waals surface area contributed by atoms with E-state index >= 15 is 0 Å². The molecule has 0 amide bonds. The van der Waals surface area contributed by atoms with E-state index in [1.807, 2.05) is 18.2 Å². The van der Waals surface area contributed by atoms with Crippen LogP contribution in [0.25, 0.3) is 0 Å². The van der Waals surface area contributed by atoms with Gasteiger partial charge in [0.25, 0.3) is 0 Å². The van der Waals surface area contributed by atoms with E-state index in [1.165, 1.54) is 46.4 Å². The number of hydrogen-bond donors (Lipinski definition) is 2. The Hall–Kier alpha value is -2.62. The van der Waals surface area contributed by atoms with Crippen LogP contribution in [0.4, 0.5) is 0 Å². The van der Waals surface area contributed by atoms with Gasteiger partial charge in [0.2, 0.25) is 0 Å². The lowest BCUT2D eigenvalue weighted by Gasteiger charge is -2.31. The maximum absolute atomic E-state index is 10.6. The first-order valence-corrected chi connectivity index (χ1v) is 11.8. The standard InChI is InChI=1S/C29H35NO2/c1-29(2,23-12-5-4-6-13-23)24-16-18-26(19-17-24)32-21-25(31)20-30(3)28-15-9-11-22-10-7-8-14-27(22)28/h4-8,10,12-14,16-19,25,28,31H,9,11,15,20-21H2,1-3H3/p+1/t25-,28-/m1/s1. The molecule has 3 nitrogen and oxygen atoms in total. The third-order valence-corrected chi connectivity index (χ3v) is 7.04. The molecular formula is C29H36NO2+. The van der Waals surface area contributed by atoms with Gasteiger partial charge in [-0.1, -0.05) is 80.6 Å². The molecule has 32 heavy (non-hydrogen) atoms. The van der Waals surface area contributed by atoms with Gasteiger partial charge in [0.05, 0.1) is 7.05 Å². The predicted molar refractivity (Wildman–Crippen MR) is 130 cm³/mol. The van der Waals surface area contributed by atoms with Gasteiger partial charge in [-0.05, 0) is 41.7 Å². The number of quaternary nitrogens is 1. The Bertz CT molecular complexity index is 997. The van der Waals surface area contributed by atoms with Crippen LogP contribution in [0.3, 0.4) is 0 Å². The van der Waals surface area contributed by atoms with E-state index < -0.39 is 6.10 Å². The number of ether oxygens (including phenoxy) is 1. The zero-order valence-corrected chi connectivity index (χ0v) is 19.6. The second-order valence-electron chi connectivity index (χ2n) is 9.67. The second kappa shape index (κ2) is 9.89. The van der Waals surface area contributed by atoms with Crippen molar-refractivity contribution >= 4 is 0 Å². The Labute approximate surface area is 192 Å². The predicted octanol–water partition coefficient (Wildman–Crippen LogP) is 4.34. The summed E-state index contributed by atoms with van der Waals surface area (Å²) in [6.45, 7) is 5.47. The second-order valence-corrected chi connectivity index (χ2v) is 9.67. The van der Waals surface area contributed by atoms with Crippen LogP contribution in [0.15, 0.2) is 78.9 Å². The molecule has 0 heterocycles. The molecule has 3 heteroatoms. The first-order valence-electron chi connectivity index (χ1n) is 11.8. The third kappa shape index (κ3) is 5.06. The summed E-state index contributed by atoms with van der Waals surface area (Å²) in [5.41, 5.74) is 5.38. The molecule has 0 saturated carbocycles. The number of benzene rings is 3. The van der Waals surface area contributed by atoms with Crippen molar-refractivity contribution in [3.63, 3.8) is 0 Å². The van der Waals surface area contributed by atoms with Crippen LogP contribution in [0.1, 0.15) is 55.0 Å². The van der Waals surface area contributed by atoms with Gasteiger partial charge in [-0.25, -0.2) is 0 Å². The van der Waals surface area contributed by atoms with E-state index in [0.717, 1.165) is 5.75 Å². The number of fused-ring (bicyclic) bond motifs is 1. The number of aryl methyl sites for hydroxylation is 1. The smallest absolute Gasteiger partial charge is 0.137 e. The van der Waals surface area contributed by atoms with Crippen molar-refractivity contribution < 1.29 is 14.7 Å². The van der Waals surface area contributed by atoms with E-state index in [2.05, 4.69) is 81.6 Å². The normalized spacial score (nSPS) is 17.9. The minimum atomic E-state index is -0.496. The fraction of sp³-hybridized carbons (Fsp3) is 0.379. The summed E-state index contributed by atoms with van der Waals surface area (Å²) in [5.74, 6) is 0.803. The molecule has 168 valence electrons. The molecule has 0 aliphatic heterocycles. The number of aliphatic hydroxyl groups excluding tert-OH is 1. The van der Waals surface area contributed by atoms with Gasteiger partial charge in [-0.3, -0.25) is 0 Å². The van der Waals surface area contributed by atoms with Crippen molar-refractivity contribution in [2.75, 3.05) is 20.2 Å². The molecule has 1 aliphatic carbocycles. The van der Waals surface area contributed by atoms with Crippen molar-refractivity contribution in [2.45, 2.75) is 50.7 Å². The lowest BCUT2D eigenvalue weighted by molar-refractivity contribution is -0.916. The number of aliphatic hydroxyl groups is 1. The summed E-state index contributed by atoms with van der Waals surface area (Å²) >= 11 is 0. The quantitative estimate of drug-likeness (QED) is 0.557. The van der Waals surface area contributed by atoms with Crippen LogP contribution in [0.5, 0.6) is 5.75 Å². The van der Waals surface area contributed by atoms with Gasteiger partial charge in [-0.2, -0.15) is 0 Å². The minimum Gasteiger partial charge on any atom is -0.491 e. The monoisotopic (exact) mass is 430 g/mol.